The average molecular weight is 272 g/mol. The Morgan fingerprint density at radius 1 is 1.44 bits per heavy atom. The molecule has 0 radical (unpaired) electrons. The maximum Gasteiger partial charge on any atom is 0.254 e. The third-order valence-corrected chi connectivity index (χ3v) is 3.61. The van der Waals surface area contributed by atoms with Gasteiger partial charge in [0.15, 0.2) is 0 Å². The van der Waals surface area contributed by atoms with Gasteiger partial charge in [0.1, 0.15) is 5.82 Å². The van der Waals surface area contributed by atoms with Crippen molar-refractivity contribution in [2.24, 2.45) is 5.14 Å². The minimum absolute atomic E-state index is 0.0651. The smallest absolute Gasteiger partial charge is 0.254 e. The summed E-state index contributed by atoms with van der Waals surface area (Å²) in [7, 11) is -3.96. The van der Waals surface area contributed by atoms with E-state index in [1.807, 2.05) is 0 Å². The molecule has 0 atom stereocenters. The summed E-state index contributed by atoms with van der Waals surface area (Å²) in [6.07, 6.45) is 1.72. The Hall–Kier alpha value is -1.47. The fraction of sp³-hybridized carbons (Fsp3) is 0.364. The molecule has 1 fully saturated rings. The first kappa shape index (κ1) is 13.0. The second-order valence-corrected chi connectivity index (χ2v) is 5.96. The zero-order valence-corrected chi connectivity index (χ0v) is 10.6. The highest BCUT2D eigenvalue weighted by molar-refractivity contribution is 7.89. The van der Waals surface area contributed by atoms with E-state index in [4.69, 9.17) is 5.14 Å². The fourth-order valence-electron chi connectivity index (χ4n) is 1.56. The van der Waals surface area contributed by atoms with Gasteiger partial charge >= 0.3 is 0 Å². The summed E-state index contributed by atoms with van der Waals surface area (Å²) in [5.41, 5.74) is -0.214. The zero-order chi connectivity index (χ0) is 13.5. The normalized spacial score (nSPS) is 15.5. The Kier molecular flexibility index (Phi) is 3.12. The van der Waals surface area contributed by atoms with Crippen molar-refractivity contribution in [2.75, 3.05) is 0 Å². The predicted molar refractivity (Wildman–Crippen MR) is 63.0 cm³/mol. The van der Waals surface area contributed by atoms with E-state index in [0.717, 1.165) is 25.0 Å². The van der Waals surface area contributed by atoms with Crippen LogP contribution in [0.5, 0.6) is 0 Å². The molecule has 0 bridgehead atoms. The molecule has 1 aromatic carbocycles. The van der Waals surface area contributed by atoms with Crippen LogP contribution in [0.2, 0.25) is 0 Å². The number of halogens is 1. The van der Waals surface area contributed by atoms with E-state index in [9.17, 15) is 17.6 Å². The largest absolute Gasteiger partial charge is 0.349 e. The van der Waals surface area contributed by atoms with Crippen LogP contribution in [-0.4, -0.2) is 20.4 Å². The lowest BCUT2D eigenvalue weighted by Crippen LogP contribution is -2.27. The highest BCUT2D eigenvalue weighted by Gasteiger charge is 2.26. The van der Waals surface area contributed by atoms with Crippen molar-refractivity contribution < 1.29 is 17.6 Å². The van der Waals surface area contributed by atoms with Crippen LogP contribution in [0.15, 0.2) is 17.0 Å². The lowest BCUT2D eigenvalue weighted by Gasteiger charge is -2.08. The van der Waals surface area contributed by atoms with Gasteiger partial charge < -0.3 is 5.32 Å². The van der Waals surface area contributed by atoms with Crippen molar-refractivity contribution in [1.29, 1.82) is 0 Å². The summed E-state index contributed by atoms with van der Waals surface area (Å²) in [5, 5.41) is 7.58. The van der Waals surface area contributed by atoms with Crippen LogP contribution >= 0.6 is 0 Å². The number of sulfonamides is 1. The van der Waals surface area contributed by atoms with Crippen molar-refractivity contribution in [3.8, 4) is 0 Å². The van der Waals surface area contributed by atoms with Crippen molar-refractivity contribution in [3.05, 3.63) is 29.1 Å². The van der Waals surface area contributed by atoms with Gasteiger partial charge in [-0.05, 0) is 37.5 Å². The van der Waals surface area contributed by atoms with E-state index in [1.165, 1.54) is 6.92 Å². The molecule has 1 aliphatic carbocycles. The molecule has 1 amide bonds. The Morgan fingerprint density at radius 3 is 2.56 bits per heavy atom. The van der Waals surface area contributed by atoms with Gasteiger partial charge in [0.05, 0.1) is 10.5 Å². The number of primary sulfonamides is 1. The number of nitrogens with two attached hydrogens (primary N) is 1. The Labute approximate surface area is 104 Å². The average Bonchev–Trinajstić information content (AvgIpc) is 3.03. The Morgan fingerprint density at radius 2 is 2.06 bits per heavy atom. The first-order chi connectivity index (χ1) is 8.29. The molecular formula is C11H13FN2O3S. The van der Waals surface area contributed by atoms with Crippen LogP contribution in [0.1, 0.15) is 28.8 Å². The molecule has 0 spiro atoms. The first-order valence-corrected chi connectivity index (χ1v) is 6.97. The van der Waals surface area contributed by atoms with Crippen molar-refractivity contribution in [2.45, 2.75) is 30.7 Å². The lowest BCUT2D eigenvalue weighted by atomic mass is 10.1. The van der Waals surface area contributed by atoms with Gasteiger partial charge in [-0.2, -0.15) is 0 Å². The van der Waals surface area contributed by atoms with Crippen LogP contribution in [0.4, 0.5) is 4.39 Å². The highest BCUT2D eigenvalue weighted by atomic mass is 32.2. The van der Waals surface area contributed by atoms with Crippen molar-refractivity contribution >= 4 is 15.9 Å². The number of hydrogen-bond acceptors (Lipinski definition) is 3. The maximum atomic E-state index is 13.8. The minimum Gasteiger partial charge on any atom is -0.349 e. The van der Waals surface area contributed by atoms with Gasteiger partial charge in [0.2, 0.25) is 10.0 Å². The number of amides is 1. The molecule has 2 rings (SSSR count). The molecule has 3 N–H and O–H groups in total. The van der Waals surface area contributed by atoms with Crippen LogP contribution in [0.25, 0.3) is 0 Å². The van der Waals surface area contributed by atoms with Crippen LogP contribution in [0, 0.1) is 12.7 Å². The number of carbonyl (C=O) groups is 1. The molecule has 0 aromatic heterocycles. The van der Waals surface area contributed by atoms with Gasteiger partial charge in [-0.1, -0.05) is 0 Å². The predicted octanol–water partition coefficient (Wildman–Crippen LogP) is 0.674. The number of aryl methyl sites for hydroxylation is 1. The molecule has 5 nitrogen and oxygen atoms in total. The Balaban J connectivity index is 2.44. The van der Waals surface area contributed by atoms with E-state index in [-0.39, 0.29) is 22.1 Å². The molecule has 98 valence electrons. The van der Waals surface area contributed by atoms with Gasteiger partial charge in [-0.15, -0.1) is 0 Å². The first-order valence-electron chi connectivity index (χ1n) is 5.43. The lowest BCUT2D eigenvalue weighted by molar-refractivity contribution is 0.0946. The minimum atomic E-state index is -3.96. The SMILES string of the molecule is Cc1cc(S(N)(=O)=O)cc(C(=O)NC2CC2)c1F. The van der Waals surface area contributed by atoms with E-state index in [2.05, 4.69) is 5.32 Å². The zero-order valence-electron chi connectivity index (χ0n) is 9.73. The molecule has 0 heterocycles. The second kappa shape index (κ2) is 4.33. The summed E-state index contributed by atoms with van der Waals surface area (Å²) < 4.78 is 36.3. The number of nitrogens with one attached hydrogen (secondary N) is 1. The summed E-state index contributed by atoms with van der Waals surface area (Å²) in [6, 6.07) is 2.14. The van der Waals surface area contributed by atoms with E-state index in [1.54, 1.807) is 0 Å². The summed E-state index contributed by atoms with van der Waals surface area (Å²) >= 11 is 0. The monoisotopic (exact) mass is 272 g/mol. The summed E-state index contributed by atoms with van der Waals surface area (Å²) in [5.74, 6) is -1.33. The van der Waals surface area contributed by atoms with E-state index in [0.29, 0.717) is 0 Å². The molecule has 1 saturated carbocycles. The van der Waals surface area contributed by atoms with Crippen LogP contribution < -0.4 is 10.5 Å². The molecule has 0 saturated heterocycles. The molecule has 18 heavy (non-hydrogen) atoms. The van der Waals surface area contributed by atoms with Gasteiger partial charge in [-0.3, -0.25) is 4.79 Å². The van der Waals surface area contributed by atoms with E-state index < -0.39 is 21.7 Å². The van der Waals surface area contributed by atoms with E-state index >= 15 is 0 Å². The topological polar surface area (TPSA) is 89.3 Å². The van der Waals surface area contributed by atoms with Crippen molar-refractivity contribution in [1.82, 2.24) is 5.32 Å². The summed E-state index contributed by atoms with van der Waals surface area (Å²) in [6.45, 7) is 1.39. The third-order valence-electron chi connectivity index (χ3n) is 2.71. The standard InChI is InChI=1S/C11H13FN2O3S/c1-6-4-8(18(13,16)17)5-9(10(6)12)11(15)14-7-2-3-7/h4-5,7H,2-3H2,1H3,(H,14,15)(H2,13,16,17). The third kappa shape index (κ3) is 2.68. The quantitative estimate of drug-likeness (QED) is 0.847. The number of hydrogen-bond donors (Lipinski definition) is 2. The number of carbonyl (C=O) groups excluding carboxylic acids is 1. The molecule has 7 heteroatoms. The van der Waals surface area contributed by atoms with Crippen LogP contribution in [-0.2, 0) is 10.0 Å². The molecule has 1 aromatic rings. The number of benzene rings is 1. The maximum absolute atomic E-state index is 13.8. The molecule has 0 aliphatic heterocycles. The van der Waals surface area contributed by atoms with Crippen LogP contribution in [0.3, 0.4) is 0 Å². The van der Waals surface area contributed by atoms with Gasteiger partial charge in [0, 0.05) is 6.04 Å². The molecular weight excluding hydrogens is 259 g/mol. The highest BCUT2D eigenvalue weighted by Crippen LogP contribution is 2.22. The van der Waals surface area contributed by atoms with Crippen molar-refractivity contribution in [3.63, 3.8) is 0 Å². The molecule has 0 unspecified atom stereocenters. The van der Waals surface area contributed by atoms with Gasteiger partial charge in [0.25, 0.3) is 5.91 Å². The Bertz CT molecular complexity index is 609. The second-order valence-electron chi connectivity index (χ2n) is 4.39. The summed E-state index contributed by atoms with van der Waals surface area (Å²) in [4.78, 5) is 11.5. The molecule has 1 aliphatic rings. The number of rotatable bonds is 3. The van der Waals surface area contributed by atoms with Gasteiger partial charge in [-0.25, -0.2) is 17.9 Å². The fourth-order valence-corrected chi connectivity index (χ4v) is 2.18.